The Hall–Kier alpha value is -1.59. The van der Waals surface area contributed by atoms with Gasteiger partial charge in [-0.05, 0) is 31.1 Å². The third kappa shape index (κ3) is 51.4. The molecule has 0 rings (SSSR count). The number of carbonyl (C=O) groups is 3. The van der Waals surface area contributed by atoms with Gasteiger partial charge in [0.15, 0.2) is 6.10 Å². The molecule has 0 N–H and O–H groups in total. The number of unbranched alkanes of at least 4 members (excludes halogenated alkanes) is 37. The molecular weight excluding hydrogens is 793 g/mol. The Morgan fingerprint density at radius 3 is 0.766 bits per heavy atom. The molecule has 0 unspecified atom stereocenters. The van der Waals surface area contributed by atoms with Crippen LogP contribution in [0.15, 0.2) is 0 Å². The Balaban J connectivity index is 4.25. The molecule has 0 saturated carbocycles. The number of carbonyl (C=O) groups excluding carboxylic acids is 3. The molecule has 64 heavy (non-hydrogen) atoms. The van der Waals surface area contributed by atoms with Crippen LogP contribution in [0.1, 0.15) is 324 Å². The summed E-state index contributed by atoms with van der Waals surface area (Å²) < 4.78 is 16.9. The van der Waals surface area contributed by atoms with Crippen molar-refractivity contribution in [3.05, 3.63) is 0 Å². The molecule has 6 nitrogen and oxygen atoms in total. The Labute approximate surface area is 399 Å². The molecule has 0 aromatic rings. The van der Waals surface area contributed by atoms with Crippen molar-refractivity contribution in [2.45, 2.75) is 330 Å². The Morgan fingerprint density at radius 2 is 0.516 bits per heavy atom. The van der Waals surface area contributed by atoms with E-state index in [1.54, 1.807) is 0 Å². The van der Waals surface area contributed by atoms with Gasteiger partial charge in [-0.1, -0.05) is 285 Å². The Kier molecular flexibility index (Phi) is 49.6. The predicted molar refractivity (Wildman–Crippen MR) is 275 cm³/mol. The highest BCUT2D eigenvalue weighted by atomic mass is 16.6. The minimum Gasteiger partial charge on any atom is -0.462 e. The van der Waals surface area contributed by atoms with Crippen LogP contribution < -0.4 is 0 Å². The molecule has 6 heteroatoms. The van der Waals surface area contributed by atoms with E-state index in [9.17, 15) is 14.4 Å². The molecule has 0 spiro atoms. The maximum atomic E-state index is 12.8. The lowest BCUT2D eigenvalue weighted by atomic mass is 10.0. The van der Waals surface area contributed by atoms with Gasteiger partial charge in [0, 0.05) is 19.3 Å². The van der Waals surface area contributed by atoms with E-state index in [2.05, 4.69) is 34.6 Å². The van der Waals surface area contributed by atoms with Crippen molar-refractivity contribution in [3.8, 4) is 0 Å². The third-order valence-corrected chi connectivity index (χ3v) is 13.2. The molecule has 380 valence electrons. The average Bonchev–Trinajstić information content (AvgIpc) is 3.27. The van der Waals surface area contributed by atoms with Crippen LogP contribution >= 0.6 is 0 Å². The van der Waals surface area contributed by atoms with Crippen molar-refractivity contribution in [3.63, 3.8) is 0 Å². The quantitative estimate of drug-likeness (QED) is 0.0344. The van der Waals surface area contributed by atoms with Gasteiger partial charge < -0.3 is 14.2 Å². The lowest BCUT2D eigenvalue weighted by Crippen LogP contribution is -2.30. The Morgan fingerprint density at radius 1 is 0.297 bits per heavy atom. The summed E-state index contributed by atoms with van der Waals surface area (Å²) in [5.41, 5.74) is 0. The molecule has 0 radical (unpaired) electrons. The fourth-order valence-electron chi connectivity index (χ4n) is 8.87. The van der Waals surface area contributed by atoms with Crippen LogP contribution in [-0.2, 0) is 28.6 Å². The fraction of sp³-hybridized carbons (Fsp3) is 0.948. The highest BCUT2D eigenvalue weighted by molar-refractivity contribution is 5.71. The van der Waals surface area contributed by atoms with E-state index >= 15 is 0 Å². The molecular formula is C58H112O6. The normalized spacial score (nSPS) is 12.0. The largest absolute Gasteiger partial charge is 0.462 e. The van der Waals surface area contributed by atoms with Crippen molar-refractivity contribution in [2.24, 2.45) is 11.8 Å². The summed E-state index contributed by atoms with van der Waals surface area (Å²) in [6.07, 6.45) is 53.8. The molecule has 0 saturated heterocycles. The van der Waals surface area contributed by atoms with Crippen molar-refractivity contribution >= 4 is 17.9 Å². The molecule has 1 atom stereocenters. The Bertz CT molecular complexity index is 978. The second-order valence-corrected chi connectivity index (χ2v) is 20.9. The smallest absolute Gasteiger partial charge is 0.306 e. The number of esters is 3. The second kappa shape index (κ2) is 50.8. The summed E-state index contributed by atoms with van der Waals surface area (Å²) in [5, 5.41) is 0. The summed E-state index contributed by atoms with van der Waals surface area (Å²) in [6.45, 7) is 11.4. The van der Waals surface area contributed by atoms with Gasteiger partial charge in [0.05, 0.1) is 0 Å². The number of ether oxygens (including phenoxy) is 3. The molecule has 0 aromatic carbocycles. The van der Waals surface area contributed by atoms with Gasteiger partial charge >= 0.3 is 17.9 Å². The van der Waals surface area contributed by atoms with Crippen molar-refractivity contribution in [1.82, 2.24) is 0 Å². The monoisotopic (exact) mass is 905 g/mol. The number of hydrogen-bond acceptors (Lipinski definition) is 6. The maximum absolute atomic E-state index is 12.8. The fourth-order valence-corrected chi connectivity index (χ4v) is 8.87. The van der Waals surface area contributed by atoms with Crippen LogP contribution in [0.4, 0.5) is 0 Å². The van der Waals surface area contributed by atoms with Gasteiger partial charge in [0.2, 0.25) is 0 Å². The first-order valence-electron chi connectivity index (χ1n) is 28.7. The van der Waals surface area contributed by atoms with Crippen molar-refractivity contribution < 1.29 is 28.6 Å². The van der Waals surface area contributed by atoms with Crippen LogP contribution in [0, 0.1) is 11.8 Å². The summed E-state index contributed by atoms with van der Waals surface area (Å²) in [4.78, 5) is 38.1. The molecule has 0 heterocycles. The van der Waals surface area contributed by atoms with E-state index < -0.39 is 6.10 Å². The molecule has 0 amide bonds. The van der Waals surface area contributed by atoms with Gasteiger partial charge in [0.25, 0.3) is 0 Å². The van der Waals surface area contributed by atoms with E-state index in [1.165, 1.54) is 212 Å². The summed E-state index contributed by atoms with van der Waals surface area (Å²) >= 11 is 0. The molecule has 0 aliphatic heterocycles. The van der Waals surface area contributed by atoms with Gasteiger partial charge in [-0.25, -0.2) is 0 Å². The van der Waals surface area contributed by atoms with Crippen LogP contribution in [0.5, 0.6) is 0 Å². The molecule has 0 bridgehead atoms. The molecule has 0 aliphatic carbocycles. The van der Waals surface area contributed by atoms with E-state index in [4.69, 9.17) is 14.2 Å². The van der Waals surface area contributed by atoms with Crippen molar-refractivity contribution in [1.29, 1.82) is 0 Å². The third-order valence-electron chi connectivity index (χ3n) is 13.2. The first-order chi connectivity index (χ1) is 31.2. The molecule has 0 fully saturated rings. The van der Waals surface area contributed by atoms with Crippen molar-refractivity contribution in [2.75, 3.05) is 13.2 Å². The van der Waals surface area contributed by atoms with E-state index in [1.807, 2.05) is 0 Å². The second-order valence-electron chi connectivity index (χ2n) is 20.9. The minimum absolute atomic E-state index is 0.0626. The van der Waals surface area contributed by atoms with Crippen LogP contribution in [0.3, 0.4) is 0 Å². The first kappa shape index (κ1) is 62.4. The van der Waals surface area contributed by atoms with E-state index in [-0.39, 0.29) is 31.1 Å². The van der Waals surface area contributed by atoms with Gasteiger partial charge in [-0.2, -0.15) is 0 Å². The maximum Gasteiger partial charge on any atom is 0.306 e. The van der Waals surface area contributed by atoms with E-state index in [0.717, 1.165) is 69.6 Å². The standard InChI is InChI=1S/C58H112O6/c1-6-7-8-9-10-11-12-23-30-35-40-45-50-58(61)64-55(52-63-57(60)49-44-39-34-29-25-20-19-22-27-32-37-42-47-54(4)5)51-62-56(59)48-43-38-33-28-24-18-16-14-13-15-17-21-26-31-36-41-46-53(2)3/h53-55H,6-52H2,1-5H3/t55-/m0/s1. The zero-order valence-electron chi connectivity index (χ0n) is 43.9. The highest BCUT2D eigenvalue weighted by Gasteiger charge is 2.19. The van der Waals surface area contributed by atoms with Crippen LogP contribution in [0.2, 0.25) is 0 Å². The van der Waals surface area contributed by atoms with E-state index in [0.29, 0.717) is 19.3 Å². The zero-order valence-corrected chi connectivity index (χ0v) is 43.9. The number of hydrogen-bond donors (Lipinski definition) is 0. The summed E-state index contributed by atoms with van der Waals surface area (Å²) in [6, 6.07) is 0. The SMILES string of the molecule is CCCCCCCCCCCCCCC(=O)O[C@@H](COC(=O)CCCCCCCCCCCCCCCCCCC(C)C)COC(=O)CCCCCCCCCCCCCCC(C)C. The first-order valence-corrected chi connectivity index (χ1v) is 28.7. The predicted octanol–water partition coefficient (Wildman–Crippen LogP) is 18.9. The van der Waals surface area contributed by atoms with Gasteiger partial charge in [-0.3, -0.25) is 14.4 Å². The summed E-state index contributed by atoms with van der Waals surface area (Å²) in [7, 11) is 0. The molecule has 0 aromatic heterocycles. The number of rotatable bonds is 52. The zero-order chi connectivity index (χ0) is 46.8. The summed E-state index contributed by atoms with van der Waals surface area (Å²) in [5.74, 6) is 0.847. The molecule has 0 aliphatic rings. The lowest BCUT2D eigenvalue weighted by Gasteiger charge is -2.18. The lowest BCUT2D eigenvalue weighted by molar-refractivity contribution is -0.167. The van der Waals surface area contributed by atoms with Gasteiger partial charge in [0.1, 0.15) is 13.2 Å². The topological polar surface area (TPSA) is 78.9 Å². The highest BCUT2D eigenvalue weighted by Crippen LogP contribution is 2.18. The minimum atomic E-state index is -0.762. The van der Waals surface area contributed by atoms with Crippen LogP contribution in [0.25, 0.3) is 0 Å². The van der Waals surface area contributed by atoms with Crippen LogP contribution in [-0.4, -0.2) is 37.2 Å². The van der Waals surface area contributed by atoms with Gasteiger partial charge in [-0.15, -0.1) is 0 Å². The average molecular weight is 906 g/mol.